The van der Waals surface area contributed by atoms with Gasteiger partial charge in [-0.3, -0.25) is 10.1 Å². The Labute approximate surface area is 190 Å². The van der Waals surface area contributed by atoms with Gasteiger partial charge in [0.05, 0.1) is 10.0 Å². The van der Waals surface area contributed by atoms with Crippen LogP contribution in [0.4, 0.5) is 5.69 Å². The van der Waals surface area contributed by atoms with E-state index in [1.165, 1.54) is 11.6 Å². The Balaban J connectivity index is 1.57. The van der Waals surface area contributed by atoms with E-state index in [-0.39, 0.29) is 11.0 Å². The van der Waals surface area contributed by atoms with Crippen molar-refractivity contribution in [1.82, 2.24) is 5.32 Å². The third kappa shape index (κ3) is 5.72. The highest BCUT2D eigenvalue weighted by molar-refractivity contribution is 7.80. The predicted octanol–water partition coefficient (Wildman–Crippen LogP) is 6.90. The van der Waals surface area contributed by atoms with Crippen molar-refractivity contribution in [2.75, 3.05) is 5.32 Å². The van der Waals surface area contributed by atoms with Gasteiger partial charge in [0.2, 0.25) is 5.91 Å². The van der Waals surface area contributed by atoms with Crippen LogP contribution < -0.4 is 10.6 Å². The second-order valence-electron chi connectivity index (χ2n) is 6.86. The highest BCUT2D eigenvalue weighted by Crippen LogP contribution is 2.34. The number of amides is 1. The topological polar surface area (TPSA) is 54.3 Å². The van der Waals surface area contributed by atoms with Gasteiger partial charge in [-0.05, 0) is 66.2 Å². The Morgan fingerprint density at radius 3 is 2.50 bits per heavy atom. The highest BCUT2D eigenvalue weighted by atomic mass is 35.5. The summed E-state index contributed by atoms with van der Waals surface area (Å²) < 4.78 is 5.73. The average Bonchev–Trinajstić information content (AvgIpc) is 3.17. The molecule has 4 nitrogen and oxygen atoms in total. The zero-order chi connectivity index (χ0) is 21.7. The van der Waals surface area contributed by atoms with Crippen molar-refractivity contribution in [3.05, 3.63) is 82.0 Å². The molecule has 0 spiro atoms. The molecule has 0 aliphatic heterocycles. The molecule has 0 aliphatic rings. The smallest absolute Gasteiger partial charge is 0.250 e. The summed E-state index contributed by atoms with van der Waals surface area (Å²) in [6, 6.07) is 16.7. The first-order valence-corrected chi connectivity index (χ1v) is 10.4. The zero-order valence-electron chi connectivity index (χ0n) is 16.4. The van der Waals surface area contributed by atoms with Crippen molar-refractivity contribution in [1.29, 1.82) is 0 Å². The normalized spacial score (nSPS) is 11.1. The van der Waals surface area contributed by atoms with Crippen molar-refractivity contribution in [3.63, 3.8) is 0 Å². The van der Waals surface area contributed by atoms with E-state index >= 15 is 0 Å². The number of nitrogens with one attached hydrogen (secondary N) is 2. The monoisotopic (exact) mass is 458 g/mol. The fourth-order valence-electron chi connectivity index (χ4n) is 2.71. The number of hydrogen-bond acceptors (Lipinski definition) is 3. The number of carbonyl (C=O) groups excluding carboxylic acids is 1. The van der Waals surface area contributed by atoms with Gasteiger partial charge in [-0.15, -0.1) is 0 Å². The predicted molar refractivity (Wildman–Crippen MR) is 128 cm³/mol. The molecule has 0 atom stereocenters. The molecule has 0 unspecified atom stereocenters. The molecule has 0 saturated heterocycles. The summed E-state index contributed by atoms with van der Waals surface area (Å²) in [5.74, 6) is 1.14. The quantitative estimate of drug-likeness (QED) is 0.322. The summed E-state index contributed by atoms with van der Waals surface area (Å²) in [7, 11) is 0. The van der Waals surface area contributed by atoms with E-state index in [1.807, 2.05) is 30.3 Å². The molecule has 1 amide bonds. The summed E-state index contributed by atoms with van der Waals surface area (Å²) >= 11 is 17.5. The highest BCUT2D eigenvalue weighted by Gasteiger charge is 2.10. The Bertz CT molecular complexity index is 1090. The summed E-state index contributed by atoms with van der Waals surface area (Å²) in [6.45, 7) is 4.26. The third-order valence-electron chi connectivity index (χ3n) is 4.31. The van der Waals surface area contributed by atoms with Crippen LogP contribution in [0.3, 0.4) is 0 Å². The number of thiocarbonyl (C=S) groups is 1. The van der Waals surface area contributed by atoms with Gasteiger partial charge in [-0.1, -0.05) is 55.2 Å². The van der Waals surface area contributed by atoms with Crippen molar-refractivity contribution in [2.45, 2.75) is 19.8 Å². The maximum Gasteiger partial charge on any atom is 0.250 e. The Morgan fingerprint density at radius 2 is 1.80 bits per heavy atom. The van der Waals surface area contributed by atoms with Crippen molar-refractivity contribution >= 4 is 58.2 Å². The van der Waals surface area contributed by atoms with Gasteiger partial charge in [0.15, 0.2) is 5.11 Å². The number of carbonyl (C=O) groups is 1. The maximum absolute atomic E-state index is 12.1. The fourth-order valence-corrected chi connectivity index (χ4v) is 3.32. The summed E-state index contributed by atoms with van der Waals surface area (Å²) in [4.78, 5) is 12.1. The minimum absolute atomic E-state index is 0.216. The molecule has 0 fully saturated rings. The summed E-state index contributed by atoms with van der Waals surface area (Å²) in [5, 5.41) is 6.67. The van der Waals surface area contributed by atoms with E-state index in [4.69, 9.17) is 39.8 Å². The summed E-state index contributed by atoms with van der Waals surface area (Å²) in [6.07, 6.45) is 2.90. The number of halogens is 2. The van der Waals surface area contributed by atoms with Gasteiger partial charge >= 0.3 is 0 Å². The van der Waals surface area contributed by atoms with Crippen molar-refractivity contribution < 1.29 is 9.21 Å². The van der Waals surface area contributed by atoms with Gasteiger partial charge in [-0.25, -0.2) is 0 Å². The second-order valence-corrected chi connectivity index (χ2v) is 8.05. The van der Waals surface area contributed by atoms with Crippen LogP contribution in [0.5, 0.6) is 0 Å². The van der Waals surface area contributed by atoms with Crippen LogP contribution in [0, 0.1) is 0 Å². The van der Waals surface area contributed by atoms with E-state index < -0.39 is 0 Å². The lowest BCUT2D eigenvalue weighted by atomic mass is 10.0. The number of rotatable bonds is 5. The molecule has 3 aromatic rings. The third-order valence-corrected chi connectivity index (χ3v) is 5.34. The number of benzene rings is 2. The Hall–Kier alpha value is -2.60. The lowest BCUT2D eigenvalue weighted by Gasteiger charge is -2.10. The van der Waals surface area contributed by atoms with E-state index in [1.54, 1.807) is 30.3 Å². The lowest BCUT2D eigenvalue weighted by molar-refractivity contribution is -0.115. The Morgan fingerprint density at radius 1 is 1.07 bits per heavy atom. The minimum atomic E-state index is -0.370. The molecule has 0 bridgehead atoms. The molecule has 154 valence electrons. The molecule has 2 aromatic carbocycles. The molecule has 1 heterocycles. The van der Waals surface area contributed by atoms with Gasteiger partial charge in [0.25, 0.3) is 0 Å². The van der Waals surface area contributed by atoms with Gasteiger partial charge in [0, 0.05) is 17.3 Å². The molecule has 7 heteroatoms. The zero-order valence-corrected chi connectivity index (χ0v) is 18.7. The van der Waals surface area contributed by atoms with Crippen LogP contribution in [-0.2, 0) is 4.79 Å². The molecule has 0 aliphatic carbocycles. The maximum atomic E-state index is 12.1. The van der Waals surface area contributed by atoms with E-state index in [0.29, 0.717) is 33.0 Å². The van der Waals surface area contributed by atoms with E-state index in [2.05, 4.69) is 24.5 Å². The van der Waals surface area contributed by atoms with Gasteiger partial charge in [-0.2, -0.15) is 0 Å². The first-order chi connectivity index (χ1) is 14.3. The van der Waals surface area contributed by atoms with Crippen LogP contribution in [0.1, 0.15) is 31.1 Å². The molecule has 2 N–H and O–H groups in total. The summed E-state index contributed by atoms with van der Waals surface area (Å²) in [5.41, 5.74) is 2.72. The van der Waals surface area contributed by atoms with E-state index in [0.717, 1.165) is 5.69 Å². The van der Waals surface area contributed by atoms with E-state index in [9.17, 15) is 4.79 Å². The molecule has 3 rings (SSSR count). The fraction of sp³-hybridized carbons (Fsp3) is 0.130. The number of anilines is 1. The largest absolute Gasteiger partial charge is 0.457 e. The second kappa shape index (κ2) is 9.94. The van der Waals surface area contributed by atoms with Crippen LogP contribution in [-0.4, -0.2) is 11.0 Å². The van der Waals surface area contributed by atoms with Crippen LogP contribution in [0.15, 0.2) is 65.1 Å². The number of furan rings is 1. The molecular formula is C23H20Cl2N2O2S. The minimum Gasteiger partial charge on any atom is -0.457 e. The molecule has 1 aromatic heterocycles. The van der Waals surface area contributed by atoms with Crippen LogP contribution >= 0.6 is 35.4 Å². The Kier molecular flexibility index (Phi) is 7.32. The lowest BCUT2D eigenvalue weighted by Crippen LogP contribution is -2.32. The van der Waals surface area contributed by atoms with Crippen molar-refractivity contribution in [3.8, 4) is 11.3 Å². The molecule has 30 heavy (non-hydrogen) atoms. The standard InChI is InChI=1S/C23H20Cl2N2O2S/c1-14(2)15-6-8-16(9-7-15)26-23(30)27-21(28)13-11-17-10-12-20(29-17)18-4-3-5-19(24)22(18)25/h3-14H,1-2H3,(H2,26,27,28,30). The van der Waals surface area contributed by atoms with Gasteiger partial charge < -0.3 is 9.73 Å². The van der Waals surface area contributed by atoms with Crippen molar-refractivity contribution in [2.24, 2.45) is 0 Å². The number of hydrogen-bond donors (Lipinski definition) is 2. The first kappa shape index (κ1) is 22.1. The first-order valence-electron chi connectivity index (χ1n) is 9.27. The SMILES string of the molecule is CC(C)c1ccc(NC(=S)NC(=O)C=Cc2ccc(-c3cccc(Cl)c3Cl)o2)cc1. The average molecular weight is 459 g/mol. The molecule has 0 radical (unpaired) electrons. The van der Waals surface area contributed by atoms with Gasteiger partial charge in [0.1, 0.15) is 11.5 Å². The molecular weight excluding hydrogens is 439 g/mol. The van der Waals surface area contributed by atoms with Crippen LogP contribution in [0.2, 0.25) is 10.0 Å². The van der Waals surface area contributed by atoms with Crippen LogP contribution in [0.25, 0.3) is 17.4 Å². The molecule has 0 saturated carbocycles.